The maximum atomic E-state index is 14.2. The number of aliphatic carboxylic acids is 2. The Balaban J connectivity index is 2.26. The number of fused-ring (bicyclic) bond motifs is 11. The van der Waals surface area contributed by atoms with Gasteiger partial charge in [0.2, 0.25) is 29.5 Å². The molecule has 2 unspecified atom stereocenters. The van der Waals surface area contributed by atoms with Gasteiger partial charge in [-0.25, -0.2) is 5.48 Å². The largest absolute Gasteiger partial charge is 0.494 e. The molecule has 0 aromatic heterocycles. The fraction of sp³-hybridized carbons (Fsp3) is 0.667. The predicted molar refractivity (Wildman–Crippen MR) is 241 cm³/mol. The molecule has 68 heavy (non-hydrogen) atoms. The molecule has 2 bridgehead atoms. The molecule has 3 rings (SSSR count). The van der Waals surface area contributed by atoms with Gasteiger partial charge >= 0.3 is 11.9 Å². The second-order valence-electron chi connectivity index (χ2n) is 16.9. The van der Waals surface area contributed by atoms with E-state index in [2.05, 4.69) is 26.6 Å². The van der Waals surface area contributed by atoms with E-state index < -0.39 is 104 Å². The topological polar surface area (TPSA) is 402 Å². The summed E-state index contributed by atoms with van der Waals surface area (Å²) < 4.78 is 5.84. The Morgan fingerprint density at radius 1 is 0.824 bits per heavy atom. The van der Waals surface area contributed by atoms with Crippen LogP contribution in [0.4, 0.5) is 0 Å². The zero-order valence-corrected chi connectivity index (χ0v) is 38.6. The van der Waals surface area contributed by atoms with Crippen LogP contribution in [0, 0.1) is 23.2 Å². The highest BCUT2D eigenvalue weighted by atomic mass is 16.5. The van der Waals surface area contributed by atoms with Gasteiger partial charge in [-0.15, -0.1) is 0 Å². The van der Waals surface area contributed by atoms with E-state index in [1.165, 1.54) is 14.7 Å². The van der Waals surface area contributed by atoms with Gasteiger partial charge in [-0.3, -0.25) is 58.9 Å². The normalized spacial score (nSPS) is 17.1. The van der Waals surface area contributed by atoms with E-state index in [0.717, 1.165) is 0 Å². The average Bonchev–Trinajstić information content (AvgIpc) is 3.25. The molecule has 0 fully saturated rings. The maximum Gasteiger partial charge on any atom is 0.317 e. The third-order valence-corrected chi connectivity index (χ3v) is 10.7. The van der Waals surface area contributed by atoms with E-state index in [9.17, 15) is 69.4 Å². The number of carboxylic acids is 2. The first kappa shape index (κ1) is 58.4. The number of nitrogens with one attached hydrogen (secondary N) is 7. The number of aliphatic hydroxyl groups excluding tert-OH is 2. The zero-order valence-electron chi connectivity index (χ0n) is 38.6. The molecule has 1 aromatic carbocycles. The number of rotatable bonds is 29. The first-order chi connectivity index (χ1) is 32.2. The lowest BCUT2D eigenvalue weighted by molar-refractivity contribution is -0.142. The molecule has 16 N–H and O–H groups in total. The van der Waals surface area contributed by atoms with E-state index in [4.69, 9.17) is 15.9 Å². The molecule has 0 saturated heterocycles. The summed E-state index contributed by atoms with van der Waals surface area (Å²) in [5.74, 6) is -7.54. The molecule has 1 aromatic rings. The Bertz CT molecular complexity index is 1740. The molecule has 2 aliphatic heterocycles. The number of carboxylic acid groups (broad SMARTS) is 2. The average molecular weight is 970 g/mol. The molecule has 2 heterocycles. The Hall–Kier alpha value is -5.74. The van der Waals surface area contributed by atoms with Crippen LogP contribution < -0.4 is 42.5 Å². The first-order valence-corrected chi connectivity index (χ1v) is 22.4. The lowest BCUT2D eigenvalue weighted by atomic mass is 9.81. The minimum Gasteiger partial charge on any atom is -0.494 e. The van der Waals surface area contributed by atoms with Crippen molar-refractivity contribution in [2.75, 3.05) is 85.1 Å². The maximum absolute atomic E-state index is 14.2. The number of ether oxygens (including phenoxy) is 1. The van der Waals surface area contributed by atoms with Gasteiger partial charge in [0, 0.05) is 71.2 Å². The van der Waals surface area contributed by atoms with E-state index >= 15 is 0 Å². The molecular weight excluding hydrogens is 899 g/mol. The van der Waals surface area contributed by atoms with Crippen LogP contribution >= 0.6 is 0 Å². The van der Waals surface area contributed by atoms with Crippen LogP contribution in [0.2, 0.25) is 0 Å². The standard InChI is InChI=1S/C42H71N11O15/c1-26(2)19-30-29(39(64)50-67)5-4-18-68-28-9-7-27(8-10-28)20-32(49-38(30)63)41(66)48-31(6-3-11-47-42(43)44)40(65)46-13-12-45-33(54)21-51(14-16-52(22-34(55)56)23-35(57)58)15-17-53(24-36(59)60)25-37(61)62/h7-10,26,29-32,34,36,55-56,59-60,67H,3-6,11-25H2,1-2H3,(H,45,54)(H,46,65)(H,48,66)(H,49,63)(H,50,64)(H,57,58)(H,61,62)(H4,43,44,47)/t29?,30-,31+,32?/m1/s1. The van der Waals surface area contributed by atoms with Crippen molar-refractivity contribution in [3.63, 3.8) is 0 Å². The van der Waals surface area contributed by atoms with E-state index in [0.29, 0.717) is 17.7 Å². The third-order valence-electron chi connectivity index (χ3n) is 10.7. The molecule has 0 saturated carbocycles. The number of hydroxylamine groups is 1. The van der Waals surface area contributed by atoms with Crippen molar-refractivity contribution in [2.24, 2.45) is 23.5 Å². The molecule has 5 amide bonds. The number of hydrogen-bond donors (Lipinski definition) is 15. The van der Waals surface area contributed by atoms with Crippen LogP contribution in [0.5, 0.6) is 5.75 Å². The second kappa shape index (κ2) is 31.3. The summed E-state index contributed by atoms with van der Waals surface area (Å²) >= 11 is 0. The molecule has 0 radical (unpaired) electrons. The van der Waals surface area contributed by atoms with Crippen LogP contribution in [-0.2, 0) is 40.0 Å². The van der Waals surface area contributed by atoms with Gasteiger partial charge in [0.15, 0.2) is 18.5 Å². The van der Waals surface area contributed by atoms with Gasteiger partial charge < -0.3 is 67.7 Å². The summed E-state index contributed by atoms with van der Waals surface area (Å²) in [6.07, 6.45) is -2.63. The highest BCUT2D eigenvalue weighted by Gasteiger charge is 2.37. The number of benzene rings is 1. The lowest BCUT2D eigenvalue weighted by Gasteiger charge is -2.29. The van der Waals surface area contributed by atoms with Crippen LogP contribution in [-0.4, -0.2) is 208 Å². The second-order valence-corrected chi connectivity index (χ2v) is 16.9. The van der Waals surface area contributed by atoms with Crippen molar-refractivity contribution in [3.8, 4) is 5.75 Å². The highest BCUT2D eigenvalue weighted by molar-refractivity contribution is 5.94. The SMILES string of the molecule is CC(C)C[C@H]1C(=O)NC(C(=O)N[C@@H](CCCNC(=N)N)C(=O)NCCNC(=O)CN(CCN(CC(=O)O)CC(O)O)CCN(CC(=O)O)CC(O)O)Cc2ccc(cc2)OCCCC1C(=O)NO. The molecule has 4 atom stereocenters. The van der Waals surface area contributed by atoms with Crippen LogP contribution in [0.1, 0.15) is 51.5 Å². The summed E-state index contributed by atoms with van der Waals surface area (Å²) in [6.45, 7) is 1.48. The van der Waals surface area contributed by atoms with Gasteiger partial charge in [0.1, 0.15) is 17.8 Å². The summed E-state index contributed by atoms with van der Waals surface area (Å²) in [7, 11) is 0. The minimum atomic E-state index is -1.86. The van der Waals surface area contributed by atoms with Gasteiger partial charge in [-0.05, 0) is 55.7 Å². The van der Waals surface area contributed by atoms with E-state index in [1.807, 2.05) is 13.8 Å². The van der Waals surface area contributed by atoms with Gasteiger partial charge in [-0.1, -0.05) is 26.0 Å². The number of amides is 5. The highest BCUT2D eigenvalue weighted by Crippen LogP contribution is 2.27. The number of hydrogen-bond acceptors (Lipinski definition) is 17. The first-order valence-electron chi connectivity index (χ1n) is 22.4. The number of nitrogens with zero attached hydrogens (tertiary/aromatic N) is 3. The quantitative estimate of drug-likeness (QED) is 0.00896. The Kier molecular flexibility index (Phi) is 26.9. The zero-order chi connectivity index (χ0) is 50.8. The summed E-state index contributed by atoms with van der Waals surface area (Å²) in [6, 6.07) is 4.44. The van der Waals surface area contributed by atoms with Crippen molar-refractivity contribution in [1.82, 2.24) is 46.8 Å². The number of nitrogens with two attached hydrogens (primary N) is 1. The summed E-state index contributed by atoms with van der Waals surface area (Å²) in [5.41, 5.74) is 7.73. The number of aliphatic hydroxyl groups is 4. The van der Waals surface area contributed by atoms with E-state index in [1.54, 1.807) is 29.7 Å². The molecule has 0 spiro atoms. The molecule has 26 heteroatoms. The predicted octanol–water partition coefficient (Wildman–Crippen LogP) is -4.65. The molecule has 2 aliphatic rings. The van der Waals surface area contributed by atoms with Gasteiger partial charge in [-0.2, -0.15) is 0 Å². The summed E-state index contributed by atoms with van der Waals surface area (Å²) in [4.78, 5) is 94.8. The minimum absolute atomic E-state index is 0.00919. The Labute approximate surface area is 394 Å². The fourth-order valence-electron chi connectivity index (χ4n) is 7.49. The molecule has 26 nitrogen and oxygen atoms in total. The Morgan fingerprint density at radius 3 is 1.93 bits per heavy atom. The van der Waals surface area contributed by atoms with Crippen LogP contribution in [0.25, 0.3) is 0 Å². The van der Waals surface area contributed by atoms with E-state index in [-0.39, 0.29) is 103 Å². The number of carbonyl (C=O) groups excluding carboxylic acids is 5. The molecule has 384 valence electrons. The number of guanidine groups is 1. The van der Waals surface area contributed by atoms with Crippen molar-refractivity contribution >= 4 is 47.4 Å². The van der Waals surface area contributed by atoms with Crippen LogP contribution in [0.3, 0.4) is 0 Å². The van der Waals surface area contributed by atoms with Gasteiger partial charge in [0.05, 0.1) is 32.2 Å². The number of carbonyl (C=O) groups is 7. The summed E-state index contributed by atoms with van der Waals surface area (Å²) in [5, 5.41) is 86.9. The lowest BCUT2D eigenvalue weighted by Crippen LogP contribution is -2.56. The van der Waals surface area contributed by atoms with Gasteiger partial charge in [0.25, 0.3) is 0 Å². The molecule has 0 aliphatic carbocycles. The van der Waals surface area contributed by atoms with Crippen molar-refractivity contribution in [1.29, 1.82) is 5.41 Å². The monoisotopic (exact) mass is 970 g/mol. The third kappa shape index (κ3) is 24.3. The molecular formula is C42H71N11O15. The smallest absolute Gasteiger partial charge is 0.317 e. The fourth-order valence-corrected chi connectivity index (χ4v) is 7.49. The van der Waals surface area contributed by atoms with Crippen molar-refractivity contribution in [2.45, 2.75) is 77.0 Å². The van der Waals surface area contributed by atoms with Crippen molar-refractivity contribution in [3.05, 3.63) is 29.8 Å². The van der Waals surface area contributed by atoms with Crippen molar-refractivity contribution < 1.29 is 74.1 Å². The Morgan fingerprint density at radius 2 is 1.40 bits per heavy atom. The van der Waals surface area contributed by atoms with Crippen LogP contribution in [0.15, 0.2) is 24.3 Å².